The fourth-order valence-corrected chi connectivity index (χ4v) is 6.22. The van der Waals surface area contributed by atoms with E-state index in [1.54, 1.807) is 24.3 Å². The summed E-state index contributed by atoms with van der Waals surface area (Å²) >= 11 is 3.36. The van der Waals surface area contributed by atoms with Gasteiger partial charge in [0.1, 0.15) is 5.69 Å². The lowest BCUT2D eigenvalue weighted by Crippen LogP contribution is -2.30. The Morgan fingerprint density at radius 3 is 1.82 bits per heavy atom. The van der Waals surface area contributed by atoms with Gasteiger partial charge in [-0.05, 0) is 58.2 Å². The third-order valence-electron chi connectivity index (χ3n) is 6.23. The maximum absolute atomic E-state index is 13.8. The minimum Gasteiger partial charge on any atom is -0.400 e. The summed E-state index contributed by atoms with van der Waals surface area (Å²) in [7, 11) is -3.84. The summed E-state index contributed by atoms with van der Waals surface area (Å²) in [6.45, 7) is 2.44. The van der Waals surface area contributed by atoms with Crippen LogP contribution < -0.4 is 5.76 Å². The van der Waals surface area contributed by atoms with Crippen LogP contribution in [0.4, 0.5) is 0 Å². The summed E-state index contributed by atoms with van der Waals surface area (Å²) in [5, 5.41) is 0. The summed E-state index contributed by atoms with van der Waals surface area (Å²) in [4.78, 5) is 12.8. The van der Waals surface area contributed by atoms with Crippen molar-refractivity contribution in [2.75, 3.05) is 0 Å². The van der Waals surface area contributed by atoms with Gasteiger partial charge in [-0.25, -0.2) is 17.8 Å². The second-order valence-corrected chi connectivity index (χ2v) is 11.6. The van der Waals surface area contributed by atoms with Crippen molar-refractivity contribution in [1.29, 1.82) is 0 Å². The fourth-order valence-electron chi connectivity index (χ4n) is 4.25. The third-order valence-corrected chi connectivity index (χ3v) is 8.57. The number of aromatic nitrogens is 1. The molecule has 1 aromatic heterocycles. The quantitative estimate of drug-likeness (QED) is 0.206. The van der Waals surface area contributed by atoms with Crippen LogP contribution in [0.25, 0.3) is 16.9 Å². The Bertz CT molecular complexity index is 1650. The first-order valence-corrected chi connectivity index (χ1v) is 14.2. The van der Waals surface area contributed by atoms with Gasteiger partial charge in [0, 0.05) is 18.7 Å². The molecule has 0 N–H and O–H groups in total. The van der Waals surface area contributed by atoms with Crippen LogP contribution >= 0.6 is 15.9 Å². The van der Waals surface area contributed by atoms with Crippen LogP contribution in [0.15, 0.2) is 128 Å². The highest BCUT2D eigenvalue weighted by molar-refractivity contribution is 9.10. The lowest BCUT2D eigenvalue weighted by Gasteiger charge is -2.23. The number of oxazole rings is 1. The first-order valence-electron chi connectivity index (χ1n) is 12.0. The van der Waals surface area contributed by atoms with Gasteiger partial charge in [-0.15, -0.1) is 0 Å². The molecule has 0 spiro atoms. The Kier molecular flexibility index (Phi) is 7.46. The topological polar surface area (TPSA) is 72.5 Å². The zero-order valence-corrected chi connectivity index (χ0v) is 23.0. The van der Waals surface area contributed by atoms with Gasteiger partial charge in [-0.2, -0.15) is 4.31 Å². The molecule has 5 aromatic rings. The average molecular weight is 590 g/mol. The molecule has 0 aliphatic carbocycles. The molecule has 0 unspecified atom stereocenters. The van der Waals surface area contributed by atoms with Gasteiger partial charge in [0.15, 0.2) is 4.67 Å². The second-order valence-electron chi connectivity index (χ2n) is 8.93. The van der Waals surface area contributed by atoms with E-state index in [-0.39, 0.29) is 22.7 Å². The standard InChI is InChI=1S/C30H25BrN2O4S/c1-22-12-16-26(17-13-22)33-28(29(31)37-30(33)34)25-14-18-27(19-15-25)38(35,36)32(20-23-8-4-2-5-9-23)21-24-10-6-3-7-11-24/h2-19H,20-21H2,1H3. The van der Waals surface area contributed by atoms with Crippen LogP contribution in [0, 0.1) is 6.92 Å². The Morgan fingerprint density at radius 2 is 1.29 bits per heavy atom. The molecule has 0 saturated carbocycles. The largest absolute Gasteiger partial charge is 0.425 e. The molecule has 6 nitrogen and oxygen atoms in total. The van der Waals surface area contributed by atoms with Crippen LogP contribution in [0.2, 0.25) is 0 Å². The minimum atomic E-state index is -3.84. The monoisotopic (exact) mass is 588 g/mol. The van der Waals surface area contributed by atoms with Crippen LogP contribution in [-0.2, 0) is 23.1 Å². The van der Waals surface area contributed by atoms with E-state index in [0.29, 0.717) is 16.9 Å². The summed E-state index contributed by atoms with van der Waals surface area (Å²) in [6, 6.07) is 33.1. The molecule has 0 saturated heterocycles. The molecule has 0 radical (unpaired) electrons. The van der Waals surface area contributed by atoms with Crippen molar-refractivity contribution in [3.63, 3.8) is 0 Å². The predicted molar refractivity (Wildman–Crippen MR) is 151 cm³/mol. The molecule has 192 valence electrons. The number of aryl methyl sites for hydroxylation is 1. The van der Waals surface area contributed by atoms with E-state index in [1.807, 2.05) is 91.9 Å². The summed E-state index contributed by atoms with van der Waals surface area (Å²) in [5.41, 5.74) is 4.66. The molecule has 38 heavy (non-hydrogen) atoms. The molecule has 0 bridgehead atoms. The van der Waals surface area contributed by atoms with Crippen molar-refractivity contribution in [2.24, 2.45) is 0 Å². The molecular formula is C30H25BrN2O4S. The van der Waals surface area contributed by atoms with E-state index in [0.717, 1.165) is 16.7 Å². The van der Waals surface area contributed by atoms with E-state index in [2.05, 4.69) is 15.9 Å². The minimum absolute atomic E-state index is 0.164. The van der Waals surface area contributed by atoms with Crippen molar-refractivity contribution in [3.05, 3.63) is 141 Å². The van der Waals surface area contributed by atoms with Crippen LogP contribution in [0.5, 0.6) is 0 Å². The number of halogens is 1. The lowest BCUT2D eigenvalue weighted by molar-refractivity contribution is 0.401. The normalized spacial score (nSPS) is 11.7. The molecule has 0 fully saturated rings. The number of sulfonamides is 1. The molecular weight excluding hydrogens is 564 g/mol. The van der Waals surface area contributed by atoms with Gasteiger partial charge in [0.05, 0.1) is 10.6 Å². The second kappa shape index (κ2) is 10.9. The number of hydrogen-bond acceptors (Lipinski definition) is 4. The predicted octanol–water partition coefficient (Wildman–Crippen LogP) is 6.56. The molecule has 4 aromatic carbocycles. The average Bonchev–Trinajstić information content (AvgIpc) is 3.23. The van der Waals surface area contributed by atoms with E-state index in [4.69, 9.17) is 4.42 Å². The van der Waals surface area contributed by atoms with E-state index in [9.17, 15) is 13.2 Å². The zero-order valence-electron chi connectivity index (χ0n) is 20.6. The Hall–Kier alpha value is -3.72. The number of hydrogen-bond donors (Lipinski definition) is 0. The van der Waals surface area contributed by atoms with Gasteiger partial charge in [0.25, 0.3) is 0 Å². The van der Waals surface area contributed by atoms with Crippen LogP contribution in [-0.4, -0.2) is 17.3 Å². The first kappa shape index (κ1) is 25.9. The fraction of sp³-hybridized carbons (Fsp3) is 0.100. The third kappa shape index (κ3) is 5.43. The van der Waals surface area contributed by atoms with Crippen molar-refractivity contribution < 1.29 is 12.8 Å². The molecule has 0 aliphatic heterocycles. The highest BCUT2D eigenvalue weighted by Crippen LogP contribution is 2.31. The van der Waals surface area contributed by atoms with Crippen molar-refractivity contribution in [1.82, 2.24) is 8.87 Å². The van der Waals surface area contributed by atoms with Gasteiger partial charge < -0.3 is 4.42 Å². The SMILES string of the molecule is Cc1ccc(-n2c(-c3ccc(S(=O)(=O)N(Cc4ccccc4)Cc4ccccc4)cc3)c(Br)oc2=O)cc1. The zero-order chi connectivity index (χ0) is 26.7. The smallest absolute Gasteiger partial charge is 0.400 e. The van der Waals surface area contributed by atoms with Gasteiger partial charge in [0.2, 0.25) is 10.0 Å². The summed E-state index contributed by atoms with van der Waals surface area (Å²) in [5.74, 6) is -0.538. The number of nitrogens with zero attached hydrogens (tertiary/aromatic N) is 2. The van der Waals surface area contributed by atoms with Crippen molar-refractivity contribution >= 4 is 26.0 Å². The van der Waals surface area contributed by atoms with Gasteiger partial charge >= 0.3 is 5.76 Å². The molecule has 0 aliphatic rings. The highest BCUT2D eigenvalue weighted by Gasteiger charge is 2.26. The molecule has 8 heteroatoms. The van der Waals surface area contributed by atoms with E-state index >= 15 is 0 Å². The molecule has 0 amide bonds. The molecule has 5 rings (SSSR count). The number of benzene rings is 4. The van der Waals surface area contributed by atoms with Crippen LogP contribution in [0.1, 0.15) is 16.7 Å². The molecule has 1 heterocycles. The maximum atomic E-state index is 13.8. The number of rotatable bonds is 8. The van der Waals surface area contributed by atoms with Crippen molar-refractivity contribution in [3.8, 4) is 16.9 Å². The molecule has 0 atom stereocenters. The summed E-state index contributed by atoms with van der Waals surface area (Å²) in [6.07, 6.45) is 0. The Balaban J connectivity index is 1.51. The lowest BCUT2D eigenvalue weighted by atomic mass is 10.1. The highest BCUT2D eigenvalue weighted by atomic mass is 79.9. The Morgan fingerprint density at radius 1 is 0.763 bits per heavy atom. The maximum Gasteiger partial charge on any atom is 0.425 e. The van der Waals surface area contributed by atoms with Crippen LogP contribution in [0.3, 0.4) is 0 Å². The first-order chi connectivity index (χ1) is 18.3. The van der Waals surface area contributed by atoms with Gasteiger partial charge in [-0.3, -0.25) is 0 Å². The van der Waals surface area contributed by atoms with E-state index < -0.39 is 15.8 Å². The van der Waals surface area contributed by atoms with E-state index in [1.165, 1.54) is 8.87 Å². The Labute approximate surface area is 230 Å². The summed E-state index contributed by atoms with van der Waals surface area (Å²) < 4.78 is 36.2. The van der Waals surface area contributed by atoms with Gasteiger partial charge in [-0.1, -0.05) is 90.5 Å². The van der Waals surface area contributed by atoms with Crippen molar-refractivity contribution in [2.45, 2.75) is 24.9 Å².